The van der Waals surface area contributed by atoms with Crippen molar-refractivity contribution in [2.45, 2.75) is 56.9 Å². The van der Waals surface area contributed by atoms with E-state index in [0.717, 1.165) is 32.1 Å². The number of pyridine rings is 1. The molecule has 2 amide bonds. The first-order valence-electron chi connectivity index (χ1n) is 10.8. The van der Waals surface area contributed by atoms with E-state index in [9.17, 15) is 22.8 Å². The lowest BCUT2D eigenvalue weighted by atomic mass is 9.94. The van der Waals surface area contributed by atoms with Gasteiger partial charge < -0.3 is 19.7 Å². The van der Waals surface area contributed by atoms with Crippen molar-refractivity contribution in [2.24, 2.45) is 0 Å². The van der Waals surface area contributed by atoms with E-state index in [1.54, 1.807) is 12.1 Å². The number of nitrogens with one attached hydrogen (secondary N) is 1. The van der Waals surface area contributed by atoms with Crippen LogP contribution in [-0.4, -0.2) is 40.7 Å². The number of nitrogens with zero attached hydrogens (tertiary/aromatic N) is 2. The van der Waals surface area contributed by atoms with Crippen LogP contribution in [0.3, 0.4) is 0 Å². The second kappa shape index (κ2) is 9.68. The second-order valence-corrected chi connectivity index (χ2v) is 8.15. The fourth-order valence-electron chi connectivity index (χ4n) is 4.22. The molecule has 0 radical (unpaired) electrons. The van der Waals surface area contributed by atoms with Gasteiger partial charge in [-0.05, 0) is 48.2 Å². The van der Waals surface area contributed by atoms with Gasteiger partial charge >= 0.3 is 12.1 Å². The molecule has 2 aromatic rings. The Labute approximate surface area is 188 Å². The highest BCUT2D eigenvalue weighted by atomic mass is 19.4. The number of rotatable bonds is 6. The Morgan fingerprint density at radius 2 is 1.76 bits per heavy atom. The number of amides is 2. The van der Waals surface area contributed by atoms with Crippen LogP contribution in [0.25, 0.3) is 0 Å². The summed E-state index contributed by atoms with van der Waals surface area (Å²) in [6.45, 7) is -0.437. The summed E-state index contributed by atoms with van der Waals surface area (Å²) in [5, 5.41) is 2.87. The van der Waals surface area contributed by atoms with Crippen molar-refractivity contribution in [3.63, 3.8) is 0 Å². The largest absolute Gasteiger partial charge is 0.471 e. The van der Waals surface area contributed by atoms with E-state index in [4.69, 9.17) is 9.47 Å². The Bertz CT molecular complexity index is 994. The van der Waals surface area contributed by atoms with Gasteiger partial charge in [0.25, 0.3) is 0 Å². The van der Waals surface area contributed by atoms with Gasteiger partial charge in [-0.3, -0.25) is 14.6 Å². The Hall–Kier alpha value is -3.30. The Morgan fingerprint density at radius 1 is 1.06 bits per heavy atom. The van der Waals surface area contributed by atoms with Gasteiger partial charge in [-0.2, -0.15) is 13.2 Å². The molecular weight excluding hydrogens is 439 g/mol. The first-order valence-corrected chi connectivity index (χ1v) is 10.8. The minimum absolute atomic E-state index is 0.00736. The molecule has 0 unspecified atom stereocenters. The summed E-state index contributed by atoms with van der Waals surface area (Å²) in [7, 11) is 0. The molecule has 10 heteroatoms. The van der Waals surface area contributed by atoms with Gasteiger partial charge in [0.2, 0.25) is 12.7 Å². The van der Waals surface area contributed by atoms with Gasteiger partial charge in [0.05, 0.1) is 0 Å². The zero-order chi connectivity index (χ0) is 23.4. The van der Waals surface area contributed by atoms with Gasteiger partial charge in [0.1, 0.15) is 6.04 Å². The summed E-state index contributed by atoms with van der Waals surface area (Å²) in [4.78, 5) is 30.3. The number of ether oxygens (including phenoxy) is 2. The number of alkyl halides is 3. The number of carbonyl (C=O) groups is 2. The molecule has 1 aromatic heterocycles. The highest BCUT2D eigenvalue weighted by molar-refractivity contribution is 5.91. The normalized spacial score (nSPS) is 16.8. The number of hydrogen-bond donors (Lipinski definition) is 1. The van der Waals surface area contributed by atoms with Crippen molar-refractivity contribution < 1.29 is 32.2 Å². The molecular formula is C23H24F3N3O4. The molecule has 1 aromatic carbocycles. The zero-order valence-corrected chi connectivity index (χ0v) is 17.8. The van der Waals surface area contributed by atoms with Crippen LogP contribution in [0.2, 0.25) is 0 Å². The molecule has 7 nitrogen and oxygen atoms in total. The van der Waals surface area contributed by atoms with Crippen LogP contribution < -0.4 is 14.8 Å². The van der Waals surface area contributed by atoms with Crippen molar-refractivity contribution in [3.8, 4) is 11.5 Å². The van der Waals surface area contributed by atoms with Crippen molar-refractivity contribution in [2.75, 3.05) is 6.79 Å². The predicted octanol–water partition coefficient (Wildman–Crippen LogP) is 3.89. The van der Waals surface area contributed by atoms with Crippen molar-refractivity contribution >= 4 is 11.8 Å². The quantitative estimate of drug-likeness (QED) is 0.703. The van der Waals surface area contributed by atoms with Crippen LogP contribution >= 0.6 is 0 Å². The number of hydrogen-bond acceptors (Lipinski definition) is 5. The molecule has 1 fully saturated rings. The van der Waals surface area contributed by atoms with E-state index >= 15 is 0 Å². The Balaban J connectivity index is 1.69. The van der Waals surface area contributed by atoms with E-state index in [1.807, 2.05) is 0 Å². The summed E-state index contributed by atoms with van der Waals surface area (Å²) >= 11 is 0. The monoisotopic (exact) mass is 463 g/mol. The lowest BCUT2D eigenvalue weighted by Gasteiger charge is -2.33. The van der Waals surface area contributed by atoms with Crippen LogP contribution in [0, 0.1) is 0 Å². The molecule has 1 atom stereocenters. The van der Waals surface area contributed by atoms with Crippen molar-refractivity contribution in [1.82, 2.24) is 15.2 Å². The topological polar surface area (TPSA) is 80.8 Å². The maximum atomic E-state index is 13.6. The molecule has 1 aliphatic heterocycles. The zero-order valence-electron chi connectivity index (χ0n) is 17.8. The summed E-state index contributed by atoms with van der Waals surface area (Å²) in [6, 6.07) is 5.91. The molecule has 2 heterocycles. The van der Waals surface area contributed by atoms with Crippen molar-refractivity contribution in [3.05, 3.63) is 53.9 Å². The lowest BCUT2D eigenvalue weighted by molar-refractivity contribution is -0.189. The third-order valence-corrected chi connectivity index (χ3v) is 5.83. The first kappa shape index (κ1) is 22.9. The molecule has 4 rings (SSSR count). The van der Waals surface area contributed by atoms with E-state index < -0.39 is 30.6 Å². The molecule has 2 aliphatic rings. The van der Waals surface area contributed by atoms with Gasteiger partial charge in [-0.15, -0.1) is 0 Å². The van der Waals surface area contributed by atoms with Gasteiger partial charge in [-0.25, -0.2) is 0 Å². The molecule has 0 saturated heterocycles. The van der Waals surface area contributed by atoms with E-state index in [1.165, 1.54) is 30.6 Å². The average molecular weight is 463 g/mol. The SMILES string of the molecule is O=C(NC1CCCCC1)[C@H](c1ccncc1)N(Cc1ccc2c(c1)OCO2)C(=O)C(F)(F)F. The minimum Gasteiger partial charge on any atom is -0.454 e. The third kappa shape index (κ3) is 5.37. The lowest BCUT2D eigenvalue weighted by Crippen LogP contribution is -2.50. The molecule has 0 bridgehead atoms. The Kier molecular flexibility index (Phi) is 6.71. The predicted molar refractivity (Wildman–Crippen MR) is 111 cm³/mol. The fourth-order valence-corrected chi connectivity index (χ4v) is 4.22. The van der Waals surface area contributed by atoms with Crippen LogP contribution in [-0.2, 0) is 16.1 Å². The summed E-state index contributed by atoms with van der Waals surface area (Å²) in [5.41, 5.74) is 0.623. The number of aromatic nitrogens is 1. The molecule has 1 saturated carbocycles. The summed E-state index contributed by atoms with van der Waals surface area (Å²) < 4.78 is 51.5. The maximum Gasteiger partial charge on any atom is 0.471 e. The highest BCUT2D eigenvalue weighted by Gasteiger charge is 2.47. The molecule has 1 aliphatic carbocycles. The maximum absolute atomic E-state index is 13.6. The molecule has 33 heavy (non-hydrogen) atoms. The minimum atomic E-state index is -5.16. The fraction of sp³-hybridized carbons (Fsp3) is 0.435. The number of halogens is 3. The third-order valence-electron chi connectivity index (χ3n) is 5.83. The van der Waals surface area contributed by atoms with Crippen LogP contribution in [0.5, 0.6) is 11.5 Å². The van der Waals surface area contributed by atoms with E-state index in [0.29, 0.717) is 22.0 Å². The number of carbonyl (C=O) groups excluding carboxylic acids is 2. The average Bonchev–Trinajstić information content (AvgIpc) is 3.27. The Morgan fingerprint density at radius 3 is 2.45 bits per heavy atom. The van der Waals surface area contributed by atoms with Gasteiger partial charge in [0.15, 0.2) is 11.5 Å². The molecule has 1 N–H and O–H groups in total. The smallest absolute Gasteiger partial charge is 0.454 e. The van der Waals surface area contributed by atoms with Crippen LogP contribution in [0.1, 0.15) is 49.3 Å². The van der Waals surface area contributed by atoms with E-state index in [2.05, 4.69) is 10.3 Å². The molecule has 176 valence electrons. The van der Waals surface area contributed by atoms with Gasteiger partial charge in [0, 0.05) is 25.0 Å². The van der Waals surface area contributed by atoms with Crippen LogP contribution in [0.15, 0.2) is 42.7 Å². The van der Waals surface area contributed by atoms with Crippen molar-refractivity contribution in [1.29, 1.82) is 0 Å². The number of fused-ring (bicyclic) bond motifs is 1. The second-order valence-electron chi connectivity index (χ2n) is 8.15. The summed E-state index contributed by atoms with van der Waals surface area (Å²) in [6.07, 6.45) is 2.05. The number of benzene rings is 1. The highest BCUT2D eigenvalue weighted by Crippen LogP contribution is 2.35. The van der Waals surface area contributed by atoms with Crippen LogP contribution in [0.4, 0.5) is 13.2 Å². The van der Waals surface area contributed by atoms with E-state index in [-0.39, 0.29) is 18.4 Å². The standard InChI is InChI=1S/C23H24F3N3O4/c24-23(25,26)22(31)29(13-15-6-7-18-19(12-15)33-14-32-18)20(16-8-10-27-11-9-16)21(30)28-17-4-2-1-3-5-17/h6-12,17,20H,1-5,13-14H2,(H,28,30)/t20-/m0/s1. The first-order chi connectivity index (χ1) is 15.8. The van der Waals surface area contributed by atoms with Gasteiger partial charge in [-0.1, -0.05) is 25.3 Å². The summed E-state index contributed by atoms with van der Waals surface area (Å²) in [5.74, 6) is -1.90. The molecule has 0 spiro atoms.